The van der Waals surface area contributed by atoms with Crippen LogP contribution in [0.25, 0.3) is 0 Å². The van der Waals surface area contributed by atoms with Gasteiger partial charge in [0.1, 0.15) is 10.7 Å². The molecule has 0 spiro atoms. The summed E-state index contributed by atoms with van der Waals surface area (Å²) in [5.74, 6) is 2.96. The van der Waals surface area contributed by atoms with Crippen LogP contribution in [0.15, 0.2) is 24.3 Å². The van der Waals surface area contributed by atoms with Gasteiger partial charge in [-0.05, 0) is 17.9 Å². The van der Waals surface area contributed by atoms with Crippen molar-refractivity contribution in [2.24, 2.45) is 5.73 Å². The molecule has 1 rings (SSSR count). The molecule has 0 aliphatic carbocycles. The fourth-order valence-electron chi connectivity index (χ4n) is 1.10. The van der Waals surface area contributed by atoms with E-state index in [1.54, 1.807) is 0 Å². The van der Waals surface area contributed by atoms with Crippen molar-refractivity contribution in [3.8, 4) is 5.75 Å². The Balaban J connectivity index is 2.47. The van der Waals surface area contributed by atoms with Crippen molar-refractivity contribution in [3.63, 3.8) is 0 Å². The summed E-state index contributed by atoms with van der Waals surface area (Å²) in [7, 11) is 0. The standard InChI is InChI=1S/C11H15NOS2/c1-2-15-7-6-13-10-5-3-4-9(8-10)11(12)14/h3-5,8H,2,6-7H2,1H3,(H2,12,14). The molecule has 0 heterocycles. The molecule has 0 aliphatic rings. The number of hydrogen-bond acceptors (Lipinski definition) is 3. The van der Waals surface area contributed by atoms with E-state index in [0.29, 0.717) is 4.99 Å². The quantitative estimate of drug-likeness (QED) is 0.613. The first kappa shape index (κ1) is 12.3. The third-order valence-corrected chi connectivity index (χ3v) is 2.92. The average Bonchev–Trinajstić information content (AvgIpc) is 2.25. The molecule has 15 heavy (non-hydrogen) atoms. The van der Waals surface area contributed by atoms with Gasteiger partial charge in [-0.1, -0.05) is 31.3 Å². The second-order valence-electron chi connectivity index (χ2n) is 2.94. The topological polar surface area (TPSA) is 35.2 Å². The van der Waals surface area contributed by atoms with Crippen LogP contribution in [-0.2, 0) is 0 Å². The molecule has 0 saturated carbocycles. The predicted octanol–water partition coefficient (Wildman–Crippen LogP) is 2.45. The molecule has 0 bridgehead atoms. The molecule has 1 aromatic carbocycles. The molecule has 2 nitrogen and oxygen atoms in total. The van der Waals surface area contributed by atoms with E-state index >= 15 is 0 Å². The van der Waals surface area contributed by atoms with E-state index in [-0.39, 0.29) is 0 Å². The fourth-order valence-corrected chi connectivity index (χ4v) is 1.72. The monoisotopic (exact) mass is 241 g/mol. The second-order valence-corrected chi connectivity index (χ2v) is 4.77. The number of benzene rings is 1. The van der Waals surface area contributed by atoms with Crippen molar-refractivity contribution in [1.29, 1.82) is 0 Å². The van der Waals surface area contributed by atoms with Crippen molar-refractivity contribution in [2.45, 2.75) is 6.92 Å². The normalized spacial score (nSPS) is 9.93. The van der Waals surface area contributed by atoms with Gasteiger partial charge in [-0.15, -0.1) is 0 Å². The van der Waals surface area contributed by atoms with E-state index in [9.17, 15) is 0 Å². The number of hydrogen-bond donors (Lipinski definition) is 1. The lowest BCUT2D eigenvalue weighted by atomic mass is 10.2. The van der Waals surface area contributed by atoms with Crippen molar-refractivity contribution in [1.82, 2.24) is 0 Å². The number of thiocarbonyl (C=S) groups is 1. The number of rotatable bonds is 6. The van der Waals surface area contributed by atoms with Gasteiger partial charge in [0.25, 0.3) is 0 Å². The first-order valence-corrected chi connectivity index (χ1v) is 6.40. The van der Waals surface area contributed by atoms with E-state index in [4.69, 9.17) is 22.7 Å². The van der Waals surface area contributed by atoms with E-state index in [1.807, 2.05) is 36.0 Å². The van der Waals surface area contributed by atoms with E-state index in [0.717, 1.165) is 29.4 Å². The van der Waals surface area contributed by atoms with Crippen LogP contribution < -0.4 is 10.5 Å². The molecule has 2 N–H and O–H groups in total. The lowest BCUT2D eigenvalue weighted by Gasteiger charge is -2.06. The molecule has 0 fully saturated rings. The molecule has 0 amide bonds. The van der Waals surface area contributed by atoms with Crippen molar-refractivity contribution < 1.29 is 4.74 Å². The Hall–Kier alpha value is -0.740. The summed E-state index contributed by atoms with van der Waals surface area (Å²) in [5, 5.41) is 0. The van der Waals surface area contributed by atoms with Crippen molar-refractivity contribution in [2.75, 3.05) is 18.1 Å². The maximum Gasteiger partial charge on any atom is 0.120 e. The Morgan fingerprint density at radius 2 is 2.33 bits per heavy atom. The van der Waals surface area contributed by atoms with Crippen molar-refractivity contribution >= 4 is 29.0 Å². The minimum Gasteiger partial charge on any atom is -0.493 e. The highest BCUT2D eigenvalue weighted by Gasteiger charge is 1.98. The zero-order valence-electron chi connectivity index (χ0n) is 8.73. The lowest BCUT2D eigenvalue weighted by molar-refractivity contribution is 0.344. The summed E-state index contributed by atoms with van der Waals surface area (Å²) in [6.45, 7) is 2.86. The molecule has 0 aliphatic heterocycles. The molecule has 0 unspecified atom stereocenters. The van der Waals surface area contributed by atoms with Gasteiger partial charge >= 0.3 is 0 Å². The van der Waals surface area contributed by atoms with E-state index < -0.39 is 0 Å². The summed E-state index contributed by atoms with van der Waals surface area (Å²) < 4.78 is 5.56. The van der Waals surface area contributed by atoms with Crippen LogP contribution in [0, 0.1) is 0 Å². The molecular weight excluding hydrogens is 226 g/mol. The van der Waals surface area contributed by atoms with Crippen LogP contribution in [-0.4, -0.2) is 23.1 Å². The van der Waals surface area contributed by atoms with Crippen LogP contribution in [0.4, 0.5) is 0 Å². The summed E-state index contributed by atoms with van der Waals surface area (Å²) in [5.41, 5.74) is 6.38. The lowest BCUT2D eigenvalue weighted by Crippen LogP contribution is -2.09. The molecule has 0 radical (unpaired) electrons. The fraction of sp³-hybridized carbons (Fsp3) is 0.364. The Morgan fingerprint density at radius 3 is 3.00 bits per heavy atom. The van der Waals surface area contributed by atoms with Gasteiger partial charge in [-0.2, -0.15) is 11.8 Å². The second kappa shape index (κ2) is 6.69. The number of nitrogens with two attached hydrogens (primary N) is 1. The van der Waals surface area contributed by atoms with Crippen LogP contribution in [0.5, 0.6) is 5.75 Å². The highest BCUT2D eigenvalue weighted by Crippen LogP contribution is 2.13. The summed E-state index contributed by atoms with van der Waals surface area (Å²) in [6, 6.07) is 7.57. The van der Waals surface area contributed by atoms with Crippen molar-refractivity contribution in [3.05, 3.63) is 29.8 Å². The Kier molecular flexibility index (Phi) is 5.50. The third kappa shape index (κ3) is 4.53. The number of thioether (sulfide) groups is 1. The van der Waals surface area contributed by atoms with Gasteiger partial charge in [-0.25, -0.2) is 0 Å². The molecule has 1 aromatic rings. The van der Waals surface area contributed by atoms with Gasteiger partial charge in [0.05, 0.1) is 6.61 Å². The minimum absolute atomic E-state index is 0.406. The summed E-state index contributed by atoms with van der Waals surface area (Å²) in [4.78, 5) is 0.406. The predicted molar refractivity (Wildman–Crippen MR) is 70.8 cm³/mol. The van der Waals surface area contributed by atoms with Gasteiger partial charge in [0.2, 0.25) is 0 Å². The number of ether oxygens (including phenoxy) is 1. The largest absolute Gasteiger partial charge is 0.493 e. The summed E-state index contributed by atoms with van der Waals surface area (Å²) in [6.07, 6.45) is 0. The summed E-state index contributed by atoms with van der Waals surface area (Å²) >= 11 is 6.76. The highest BCUT2D eigenvalue weighted by molar-refractivity contribution is 7.99. The Labute approximate surface area is 100 Å². The van der Waals surface area contributed by atoms with Gasteiger partial charge in [-0.3, -0.25) is 0 Å². The first-order chi connectivity index (χ1) is 7.24. The van der Waals surface area contributed by atoms with E-state index in [2.05, 4.69) is 6.92 Å². The van der Waals surface area contributed by atoms with Crippen LogP contribution in [0.1, 0.15) is 12.5 Å². The Bertz CT molecular complexity index is 328. The Morgan fingerprint density at radius 1 is 1.53 bits per heavy atom. The van der Waals surface area contributed by atoms with Crippen LogP contribution in [0.2, 0.25) is 0 Å². The minimum atomic E-state index is 0.406. The van der Waals surface area contributed by atoms with Gasteiger partial charge < -0.3 is 10.5 Å². The molecule has 4 heteroatoms. The maximum atomic E-state index is 5.56. The zero-order valence-corrected chi connectivity index (χ0v) is 10.4. The SMILES string of the molecule is CCSCCOc1cccc(C(N)=S)c1. The third-order valence-electron chi connectivity index (χ3n) is 1.82. The molecular formula is C11H15NOS2. The molecule has 0 atom stereocenters. The van der Waals surface area contributed by atoms with E-state index in [1.165, 1.54) is 0 Å². The molecule has 82 valence electrons. The highest BCUT2D eigenvalue weighted by atomic mass is 32.2. The zero-order chi connectivity index (χ0) is 11.1. The van der Waals surface area contributed by atoms with Crippen LogP contribution in [0.3, 0.4) is 0 Å². The van der Waals surface area contributed by atoms with Crippen LogP contribution >= 0.6 is 24.0 Å². The van der Waals surface area contributed by atoms with Gasteiger partial charge in [0.15, 0.2) is 0 Å². The average molecular weight is 241 g/mol. The van der Waals surface area contributed by atoms with Gasteiger partial charge in [0, 0.05) is 11.3 Å². The first-order valence-electron chi connectivity index (χ1n) is 4.84. The smallest absolute Gasteiger partial charge is 0.120 e. The maximum absolute atomic E-state index is 5.56. The molecule has 0 saturated heterocycles. The molecule has 0 aromatic heterocycles.